The summed E-state index contributed by atoms with van der Waals surface area (Å²) in [5, 5.41) is 13.0. The number of halogens is 1. The van der Waals surface area contributed by atoms with E-state index in [1.54, 1.807) is 12.4 Å². The van der Waals surface area contributed by atoms with Crippen molar-refractivity contribution in [1.29, 1.82) is 0 Å². The van der Waals surface area contributed by atoms with Crippen LogP contribution in [0.4, 0.5) is 0 Å². The van der Waals surface area contributed by atoms with Crippen LogP contribution in [0.1, 0.15) is 16.7 Å². The Labute approximate surface area is 111 Å². The molecule has 0 aliphatic carbocycles. The number of aliphatic hydroxyl groups is 1. The second-order valence-electron chi connectivity index (χ2n) is 4.05. The number of hydrogen-bond donors (Lipinski definition) is 2. The predicted molar refractivity (Wildman–Crippen MR) is 72.2 cm³/mol. The van der Waals surface area contributed by atoms with E-state index in [9.17, 15) is 0 Å². The average molecular weight is 263 g/mol. The first kappa shape index (κ1) is 13.0. The third-order valence-electron chi connectivity index (χ3n) is 2.71. The van der Waals surface area contributed by atoms with E-state index in [0.29, 0.717) is 11.6 Å². The zero-order valence-electron chi connectivity index (χ0n) is 9.94. The van der Waals surface area contributed by atoms with Crippen molar-refractivity contribution < 1.29 is 5.11 Å². The van der Waals surface area contributed by atoms with E-state index in [1.807, 2.05) is 30.3 Å². The molecule has 0 saturated carbocycles. The zero-order chi connectivity index (χ0) is 12.8. The lowest BCUT2D eigenvalue weighted by Crippen LogP contribution is -2.13. The van der Waals surface area contributed by atoms with Crippen LogP contribution >= 0.6 is 11.6 Å². The standard InChI is InChI=1S/C14H15ClN2O/c15-14-9-16-6-5-13(14)8-17-7-11-1-3-12(10-18)4-2-11/h1-6,9,17-18H,7-8,10H2. The van der Waals surface area contributed by atoms with E-state index in [4.69, 9.17) is 16.7 Å². The summed E-state index contributed by atoms with van der Waals surface area (Å²) < 4.78 is 0. The van der Waals surface area contributed by atoms with E-state index in [2.05, 4.69) is 10.3 Å². The Balaban J connectivity index is 1.86. The van der Waals surface area contributed by atoms with Crippen LogP contribution in [-0.4, -0.2) is 10.1 Å². The number of pyridine rings is 1. The van der Waals surface area contributed by atoms with Gasteiger partial charge in [0.1, 0.15) is 0 Å². The molecule has 0 bridgehead atoms. The molecule has 0 aliphatic rings. The topological polar surface area (TPSA) is 45.1 Å². The van der Waals surface area contributed by atoms with E-state index in [0.717, 1.165) is 17.7 Å². The molecule has 1 heterocycles. The van der Waals surface area contributed by atoms with Crippen LogP contribution in [0.25, 0.3) is 0 Å². The summed E-state index contributed by atoms with van der Waals surface area (Å²) in [6, 6.07) is 9.77. The lowest BCUT2D eigenvalue weighted by Gasteiger charge is -2.07. The molecule has 4 heteroatoms. The largest absolute Gasteiger partial charge is 0.392 e. The summed E-state index contributed by atoms with van der Waals surface area (Å²) in [6.07, 6.45) is 3.38. The second-order valence-corrected chi connectivity index (χ2v) is 4.45. The molecule has 18 heavy (non-hydrogen) atoms. The summed E-state index contributed by atoms with van der Waals surface area (Å²) in [7, 11) is 0. The Bertz CT molecular complexity index is 499. The van der Waals surface area contributed by atoms with Gasteiger partial charge in [-0.1, -0.05) is 35.9 Å². The van der Waals surface area contributed by atoms with Gasteiger partial charge in [0.15, 0.2) is 0 Å². The molecule has 0 spiro atoms. The molecule has 0 amide bonds. The highest BCUT2D eigenvalue weighted by atomic mass is 35.5. The van der Waals surface area contributed by atoms with Crippen LogP contribution in [-0.2, 0) is 19.7 Å². The van der Waals surface area contributed by atoms with Crippen molar-refractivity contribution in [2.24, 2.45) is 0 Å². The fourth-order valence-corrected chi connectivity index (χ4v) is 1.84. The smallest absolute Gasteiger partial charge is 0.0681 e. The minimum Gasteiger partial charge on any atom is -0.392 e. The maximum atomic E-state index is 8.95. The molecular formula is C14H15ClN2O. The normalized spacial score (nSPS) is 10.6. The summed E-state index contributed by atoms with van der Waals surface area (Å²) in [4.78, 5) is 3.95. The van der Waals surface area contributed by atoms with Gasteiger partial charge in [0.25, 0.3) is 0 Å². The Hall–Kier alpha value is -1.42. The molecule has 2 N–H and O–H groups in total. The first-order valence-corrected chi connectivity index (χ1v) is 6.15. The average Bonchev–Trinajstić information content (AvgIpc) is 2.42. The number of nitrogens with zero attached hydrogens (tertiary/aromatic N) is 1. The van der Waals surface area contributed by atoms with Gasteiger partial charge >= 0.3 is 0 Å². The van der Waals surface area contributed by atoms with Crippen molar-refractivity contribution in [2.75, 3.05) is 0 Å². The molecule has 1 aromatic heterocycles. The molecule has 1 aromatic carbocycles. The van der Waals surface area contributed by atoms with Gasteiger partial charge in [-0.15, -0.1) is 0 Å². The molecule has 0 unspecified atom stereocenters. The Morgan fingerprint density at radius 3 is 2.44 bits per heavy atom. The van der Waals surface area contributed by atoms with Crippen LogP contribution in [0, 0.1) is 0 Å². The molecule has 94 valence electrons. The Kier molecular flexibility index (Phi) is 4.70. The van der Waals surface area contributed by atoms with Gasteiger partial charge in [0.05, 0.1) is 11.6 Å². The second kappa shape index (κ2) is 6.50. The van der Waals surface area contributed by atoms with E-state index in [1.165, 1.54) is 5.56 Å². The molecule has 2 aromatic rings. The molecule has 2 rings (SSSR count). The number of rotatable bonds is 5. The number of nitrogens with one attached hydrogen (secondary N) is 1. The monoisotopic (exact) mass is 262 g/mol. The highest BCUT2D eigenvalue weighted by Gasteiger charge is 1.99. The lowest BCUT2D eigenvalue weighted by molar-refractivity contribution is 0.282. The minimum atomic E-state index is 0.0837. The van der Waals surface area contributed by atoms with Crippen LogP contribution in [0.5, 0.6) is 0 Å². The maximum Gasteiger partial charge on any atom is 0.0681 e. The molecule has 0 radical (unpaired) electrons. The molecular weight excluding hydrogens is 248 g/mol. The van der Waals surface area contributed by atoms with Gasteiger partial charge in [0.2, 0.25) is 0 Å². The van der Waals surface area contributed by atoms with Crippen LogP contribution in [0.15, 0.2) is 42.7 Å². The fraction of sp³-hybridized carbons (Fsp3) is 0.214. The van der Waals surface area contributed by atoms with Crippen LogP contribution < -0.4 is 5.32 Å². The minimum absolute atomic E-state index is 0.0837. The van der Waals surface area contributed by atoms with Gasteiger partial charge in [-0.3, -0.25) is 4.98 Å². The quantitative estimate of drug-likeness (QED) is 0.870. The van der Waals surface area contributed by atoms with Crippen molar-refractivity contribution in [3.05, 3.63) is 64.4 Å². The maximum absolute atomic E-state index is 8.95. The summed E-state index contributed by atoms with van der Waals surface area (Å²) in [5.41, 5.74) is 3.15. The fourth-order valence-electron chi connectivity index (χ4n) is 1.65. The number of aliphatic hydroxyl groups excluding tert-OH is 1. The lowest BCUT2D eigenvalue weighted by atomic mass is 10.1. The third-order valence-corrected chi connectivity index (χ3v) is 3.05. The van der Waals surface area contributed by atoms with Crippen molar-refractivity contribution >= 4 is 11.6 Å². The highest BCUT2D eigenvalue weighted by Crippen LogP contribution is 2.13. The predicted octanol–water partition coefficient (Wildman–Crippen LogP) is 2.52. The van der Waals surface area contributed by atoms with Gasteiger partial charge in [-0.2, -0.15) is 0 Å². The zero-order valence-corrected chi connectivity index (χ0v) is 10.7. The molecule has 0 atom stereocenters. The number of hydrogen-bond acceptors (Lipinski definition) is 3. The summed E-state index contributed by atoms with van der Waals surface area (Å²) in [6.45, 7) is 1.56. The first-order valence-electron chi connectivity index (χ1n) is 5.77. The first-order chi connectivity index (χ1) is 8.79. The Morgan fingerprint density at radius 1 is 1.06 bits per heavy atom. The summed E-state index contributed by atoms with van der Waals surface area (Å²) >= 11 is 6.02. The van der Waals surface area contributed by atoms with Crippen molar-refractivity contribution in [2.45, 2.75) is 19.7 Å². The van der Waals surface area contributed by atoms with Gasteiger partial charge < -0.3 is 10.4 Å². The van der Waals surface area contributed by atoms with Gasteiger partial charge in [-0.25, -0.2) is 0 Å². The SMILES string of the molecule is OCc1ccc(CNCc2ccncc2Cl)cc1. The molecule has 0 saturated heterocycles. The summed E-state index contributed by atoms with van der Waals surface area (Å²) in [5.74, 6) is 0. The number of benzene rings is 1. The van der Waals surface area contributed by atoms with Crippen molar-refractivity contribution in [3.63, 3.8) is 0 Å². The van der Waals surface area contributed by atoms with Crippen LogP contribution in [0.3, 0.4) is 0 Å². The van der Waals surface area contributed by atoms with Gasteiger partial charge in [0, 0.05) is 25.5 Å². The van der Waals surface area contributed by atoms with Gasteiger partial charge in [-0.05, 0) is 22.8 Å². The third kappa shape index (κ3) is 3.53. The van der Waals surface area contributed by atoms with Crippen molar-refractivity contribution in [3.8, 4) is 0 Å². The highest BCUT2D eigenvalue weighted by molar-refractivity contribution is 6.31. The van der Waals surface area contributed by atoms with E-state index < -0.39 is 0 Å². The molecule has 0 aliphatic heterocycles. The Morgan fingerprint density at radius 2 is 1.78 bits per heavy atom. The van der Waals surface area contributed by atoms with Crippen LogP contribution in [0.2, 0.25) is 5.02 Å². The number of aromatic nitrogens is 1. The van der Waals surface area contributed by atoms with E-state index in [-0.39, 0.29) is 6.61 Å². The van der Waals surface area contributed by atoms with Crippen molar-refractivity contribution in [1.82, 2.24) is 10.3 Å². The molecule has 3 nitrogen and oxygen atoms in total. The molecule has 0 fully saturated rings. The van der Waals surface area contributed by atoms with E-state index >= 15 is 0 Å².